The molecule has 106 valence electrons. The molecule has 3 N–H and O–H groups in total. The second-order valence-corrected chi connectivity index (χ2v) is 5.41. The number of primary amides is 1. The van der Waals surface area contributed by atoms with E-state index in [2.05, 4.69) is 24.3 Å². The van der Waals surface area contributed by atoms with Gasteiger partial charge < -0.3 is 15.8 Å². The number of piperidine rings is 1. The number of nitrogens with two attached hydrogens (primary N) is 1. The first kappa shape index (κ1) is 13.9. The van der Waals surface area contributed by atoms with Crippen molar-refractivity contribution in [2.45, 2.75) is 32.4 Å². The second kappa shape index (κ2) is 5.21. The number of amides is 1. The van der Waals surface area contributed by atoms with Crippen LogP contribution in [0.5, 0.6) is 5.75 Å². The van der Waals surface area contributed by atoms with Crippen LogP contribution >= 0.6 is 0 Å². The predicted octanol–water partition coefficient (Wildman–Crippen LogP) is 0.589. The lowest BCUT2D eigenvalue weighted by Crippen LogP contribution is -2.49. The molecule has 0 bridgehead atoms. The average molecular weight is 266 g/mol. The fourth-order valence-electron chi connectivity index (χ4n) is 3.14. The average Bonchev–Trinajstić information content (AvgIpc) is 2.68. The Balaban J connectivity index is 2.43. The lowest BCUT2D eigenvalue weighted by Gasteiger charge is -2.39. The minimum absolute atomic E-state index is 0.154. The number of methoxy groups -OCH3 is 1. The van der Waals surface area contributed by atoms with E-state index in [0.29, 0.717) is 11.8 Å². The Labute approximate surface area is 113 Å². The van der Waals surface area contributed by atoms with Crippen LogP contribution < -0.4 is 15.8 Å². The maximum Gasteiger partial charge on any atom is 0.222 e. The zero-order chi connectivity index (χ0) is 14.2. The van der Waals surface area contributed by atoms with Crippen molar-refractivity contribution in [2.75, 3.05) is 7.11 Å². The summed E-state index contributed by atoms with van der Waals surface area (Å²) in [6, 6.07) is 0.175. The van der Waals surface area contributed by atoms with Crippen LogP contribution in [0, 0.1) is 11.8 Å². The van der Waals surface area contributed by atoms with Gasteiger partial charge in [-0.15, -0.1) is 0 Å². The third-order valence-electron chi connectivity index (χ3n) is 3.95. The van der Waals surface area contributed by atoms with Gasteiger partial charge in [0.15, 0.2) is 5.75 Å². The molecule has 1 aromatic heterocycles. The largest absolute Gasteiger partial charge is 0.493 e. The molecule has 2 rings (SSSR count). The molecule has 0 saturated carbocycles. The van der Waals surface area contributed by atoms with Crippen LogP contribution in [0.3, 0.4) is 0 Å². The molecule has 4 atom stereocenters. The fraction of sp³-hybridized carbons (Fsp3) is 0.692. The van der Waals surface area contributed by atoms with Gasteiger partial charge in [-0.3, -0.25) is 9.48 Å². The molecule has 0 aromatic carbocycles. The molecule has 1 aliphatic heterocycles. The van der Waals surface area contributed by atoms with Gasteiger partial charge >= 0.3 is 0 Å². The minimum atomic E-state index is -0.278. The molecule has 6 heteroatoms. The number of rotatable bonds is 3. The number of nitrogens with one attached hydrogen (secondary N) is 1. The number of ether oxygens (including phenoxy) is 1. The summed E-state index contributed by atoms with van der Waals surface area (Å²) >= 11 is 0. The summed E-state index contributed by atoms with van der Waals surface area (Å²) in [4.78, 5) is 11.8. The van der Waals surface area contributed by atoms with E-state index < -0.39 is 0 Å². The van der Waals surface area contributed by atoms with E-state index >= 15 is 0 Å². The molecule has 2 heterocycles. The molecule has 1 aromatic rings. The normalized spacial score (nSPS) is 31.2. The Hall–Kier alpha value is -1.56. The highest BCUT2D eigenvalue weighted by atomic mass is 16.5. The van der Waals surface area contributed by atoms with Crippen molar-refractivity contribution in [1.29, 1.82) is 0 Å². The van der Waals surface area contributed by atoms with Crippen LogP contribution in [0.1, 0.15) is 32.0 Å². The van der Waals surface area contributed by atoms with E-state index in [1.54, 1.807) is 18.0 Å². The number of hydrogen-bond donors (Lipinski definition) is 2. The second-order valence-electron chi connectivity index (χ2n) is 5.41. The monoisotopic (exact) mass is 266 g/mol. The summed E-state index contributed by atoms with van der Waals surface area (Å²) in [6.45, 7) is 4.19. The summed E-state index contributed by atoms with van der Waals surface area (Å²) in [5, 5.41) is 7.66. The standard InChI is InChI=1S/C13H22N4O2/c1-7-5-8(2)16-11(10(7)13(14)18)12-9(19-4)6-15-17(12)3/h6-8,10-11,16H,5H2,1-4H3,(H2,14,18). The van der Waals surface area contributed by atoms with Crippen molar-refractivity contribution in [2.24, 2.45) is 24.6 Å². The highest BCUT2D eigenvalue weighted by molar-refractivity contribution is 5.78. The Morgan fingerprint density at radius 1 is 1.58 bits per heavy atom. The number of hydrogen-bond acceptors (Lipinski definition) is 4. The molecule has 1 amide bonds. The van der Waals surface area contributed by atoms with Gasteiger partial charge in [-0.1, -0.05) is 6.92 Å². The van der Waals surface area contributed by atoms with E-state index in [9.17, 15) is 4.79 Å². The quantitative estimate of drug-likeness (QED) is 0.839. The highest BCUT2D eigenvalue weighted by Crippen LogP contribution is 2.38. The van der Waals surface area contributed by atoms with E-state index in [0.717, 1.165) is 12.1 Å². The van der Waals surface area contributed by atoms with Gasteiger partial charge in [0.1, 0.15) is 0 Å². The van der Waals surface area contributed by atoms with Gasteiger partial charge in [0, 0.05) is 13.1 Å². The van der Waals surface area contributed by atoms with Crippen molar-refractivity contribution < 1.29 is 9.53 Å². The van der Waals surface area contributed by atoms with Gasteiger partial charge in [-0.2, -0.15) is 5.10 Å². The zero-order valence-corrected chi connectivity index (χ0v) is 11.9. The van der Waals surface area contributed by atoms with Gasteiger partial charge in [-0.05, 0) is 19.3 Å². The van der Waals surface area contributed by atoms with Crippen LogP contribution in [0.25, 0.3) is 0 Å². The molecule has 0 radical (unpaired) electrons. The zero-order valence-electron chi connectivity index (χ0n) is 11.9. The summed E-state index contributed by atoms with van der Waals surface area (Å²) in [5.74, 6) is 0.395. The van der Waals surface area contributed by atoms with Gasteiger partial charge in [0.2, 0.25) is 5.91 Å². The van der Waals surface area contributed by atoms with Gasteiger partial charge in [-0.25, -0.2) is 0 Å². The molecule has 6 nitrogen and oxygen atoms in total. The highest BCUT2D eigenvalue weighted by Gasteiger charge is 2.40. The third kappa shape index (κ3) is 2.45. The maximum absolute atomic E-state index is 11.8. The molecule has 1 fully saturated rings. The lowest BCUT2D eigenvalue weighted by atomic mass is 9.77. The smallest absolute Gasteiger partial charge is 0.222 e. The number of aromatic nitrogens is 2. The van der Waals surface area contributed by atoms with Crippen LogP contribution in [0.15, 0.2) is 6.20 Å². The molecule has 1 saturated heterocycles. The van der Waals surface area contributed by atoms with Crippen LogP contribution in [-0.4, -0.2) is 28.8 Å². The van der Waals surface area contributed by atoms with Crippen molar-refractivity contribution in [1.82, 2.24) is 15.1 Å². The number of carbonyl (C=O) groups excluding carboxylic acids is 1. The number of aryl methyl sites for hydroxylation is 1. The molecular formula is C13H22N4O2. The van der Waals surface area contributed by atoms with E-state index in [4.69, 9.17) is 10.5 Å². The molecule has 19 heavy (non-hydrogen) atoms. The van der Waals surface area contributed by atoms with E-state index in [1.165, 1.54) is 0 Å². The van der Waals surface area contributed by atoms with E-state index in [1.807, 2.05) is 7.05 Å². The topological polar surface area (TPSA) is 82.2 Å². The first-order chi connectivity index (χ1) is 8.95. The summed E-state index contributed by atoms with van der Waals surface area (Å²) in [7, 11) is 3.46. The first-order valence-electron chi connectivity index (χ1n) is 6.57. The molecule has 4 unspecified atom stereocenters. The molecular weight excluding hydrogens is 244 g/mol. The SMILES string of the molecule is COc1cnn(C)c1C1NC(C)CC(C)C1C(N)=O. The summed E-state index contributed by atoms with van der Waals surface area (Å²) < 4.78 is 7.09. The van der Waals surface area contributed by atoms with Crippen molar-refractivity contribution >= 4 is 5.91 Å². The third-order valence-corrected chi connectivity index (χ3v) is 3.95. The van der Waals surface area contributed by atoms with Crippen molar-refractivity contribution in [3.05, 3.63) is 11.9 Å². The van der Waals surface area contributed by atoms with Crippen LogP contribution in [0.2, 0.25) is 0 Å². The number of carbonyl (C=O) groups is 1. The Kier molecular flexibility index (Phi) is 3.80. The van der Waals surface area contributed by atoms with Crippen LogP contribution in [-0.2, 0) is 11.8 Å². The van der Waals surface area contributed by atoms with Crippen molar-refractivity contribution in [3.8, 4) is 5.75 Å². The van der Waals surface area contributed by atoms with Crippen molar-refractivity contribution in [3.63, 3.8) is 0 Å². The Bertz CT molecular complexity index is 471. The van der Waals surface area contributed by atoms with Crippen LogP contribution in [0.4, 0.5) is 0 Å². The van der Waals surface area contributed by atoms with Gasteiger partial charge in [0.05, 0.1) is 31.0 Å². The Morgan fingerprint density at radius 3 is 2.84 bits per heavy atom. The number of nitrogens with zero attached hydrogens (tertiary/aromatic N) is 2. The lowest BCUT2D eigenvalue weighted by molar-refractivity contribution is -0.125. The predicted molar refractivity (Wildman–Crippen MR) is 71.6 cm³/mol. The fourth-order valence-corrected chi connectivity index (χ4v) is 3.14. The van der Waals surface area contributed by atoms with E-state index in [-0.39, 0.29) is 23.8 Å². The minimum Gasteiger partial charge on any atom is -0.493 e. The molecule has 1 aliphatic rings. The molecule has 0 spiro atoms. The molecule has 0 aliphatic carbocycles. The first-order valence-corrected chi connectivity index (χ1v) is 6.57. The summed E-state index contributed by atoms with van der Waals surface area (Å²) in [6.07, 6.45) is 2.60. The maximum atomic E-state index is 11.8. The Morgan fingerprint density at radius 2 is 2.26 bits per heavy atom. The van der Waals surface area contributed by atoms with Gasteiger partial charge in [0.25, 0.3) is 0 Å². The summed E-state index contributed by atoms with van der Waals surface area (Å²) in [5.41, 5.74) is 6.47.